The van der Waals surface area contributed by atoms with Crippen molar-refractivity contribution in [2.75, 3.05) is 6.16 Å². The van der Waals surface area contributed by atoms with Crippen LogP contribution in [0.2, 0.25) is 0 Å². The van der Waals surface area contributed by atoms with Crippen molar-refractivity contribution in [1.29, 1.82) is 0 Å². The predicted molar refractivity (Wildman–Crippen MR) is 149 cm³/mol. The summed E-state index contributed by atoms with van der Waals surface area (Å²) in [7, 11) is 2.84. The fourth-order valence-electron chi connectivity index (χ4n) is 5.23. The quantitative estimate of drug-likeness (QED) is 0.114. The molecule has 0 aliphatic carbocycles. The standard InChI is InChI=1S/C32H43P/c33-28-20-9-7-5-3-1-2-4-6-8-19-27-32(29-21-13-10-14-22-29,30-23-15-11-16-24-30)31-25-17-12-18-26-31/h10-18,21-26H,1-9,19-20,27-28,33H2. The van der Waals surface area contributed by atoms with Crippen LogP contribution in [0.5, 0.6) is 0 Å². The highest BCUT2D eigenvalue weighted by Gasteiger charge is 2.35. The Kier molecular flexibility index (Phi) is 11.7. The SMILES string of the molecule is PCCCCCCCCCCCCCC(c1ccccc1)(c1ccccc1)c1ccccc1. The van der Waals surface area contributed by atoms with Gasteiger partial charge in [0.15, 0.2) is 0 Å². The van der Waals surface area contributed by atoms with Crippen molar-refractivity contribution in [2.24, 2.45) is 0 Å². The Morgan fingerprint density at radius 3 is 1.03 bits per heavy atom. The van der Waals surface area contributed by atoms with Gasteiger partial charge >= 0.3 is 0 Å². The van der Waals surface area contributed by atoms with Crippen LogP contribution in [0, 0.1) is 0 Å². The Morgan fingerprint density at radius 2 is 0.697 bits per heavy atom. The zero-order chi connectivity index (χ0) is 23.0. The van der Waals surface area contributed by atoms with Crippen molar-refractivity contribution in [3.05, 3.63) is 108 Å². The number of benzene rings is 3. The van der Waals surface area contributed by atoms with E-state index in [9.17, 15) is 0 Å². The minimum absolute atomic E-state index is 0.0826. The lowest BCUT2D eigenvalue weighted by atomic mass is 9.66. The third-order valence-electron chi connectivity index (χ3n) is 7.06. The van der Waals surface area contributed by atoms with Gasteiger partial charge in [0.25, 0.3) is 0 Å². The molecule has 0 saturated heterocycles. The third kappa shape index (κ3) is 7.82. The molecule has 1 atom stereocenters. The van der Waals surface area contributed by atoms with Crippen molar-refractivity contribution in [3.8, 4) is 0 Å². The van der Waals surface area contributed by atoms with Crippen LogP contribution < -0.4 is 0 Å². The van der Waals surface area contributed by atoms with Gasteiger partial charge in [0.2, 0.25) is 0 Å². The van der Waals surface area contributed by atoms with Gasteiger partial charge in [-0.3, -0.25) is 0 Å². The van der Waals surface area contributed by atoms with E-state index in [4.69, 9.17) is 0 Å². The fraction of sp³-hybridized carbons (Fsp3) is 0.438. The monoisotopic (exact) mass is 458 g/mol. The van der Waals surface area contributed by atoms with Gasteiger partial charge in [0, 0.05) is 5.41 Å². The molecule has 0 aliphatic rings. The number of hydrogen-bond donors (Lipinski definition) is 0. The summed E-state index contributed by atoms with van der Waals surface area (Å²) in [5.74, 6) is 0. The van der Waals surface area contributed by atoms with E-state index < -0.39 is 0 Å². The molecular weight excluding hydrogens is 415 g/mol. The van der Waals surface area contributed by atoms with Crippen LogP contribution >= 0.6 is 9.24 Å². The molecule has 1 heteroatoms. The first kappa shape index (κ1) is 25.7. The average Bonchev–Trinajstić information content (AvgIpc) is 2.89. The van der Waals surface area contributed by atoms with Gasteiger partial charge in [-0.2, -0.15) is 0 Å². The molecule has 0 aromatic heterocycles. The summed E-state index contributed by atoms with van der Waals surface area (Å²) in [5, 5.41) is 0. The molecule has 3 aromatic carbocycles. The summed E-state index contributed by atoms with van der Waals surface area (Å²) in [6.45, 7) is 0. The zero-order valence-corrected chi connectivity index (χ0v) is 21.6. The molecule has 0 spiro atoms. The first-order chi connectivity index (χ1) is 16.4. The normalized spacial score (nSPS) is 11.5. The van der Waals surface area contributed by atoms with Crippen molar-refractivity contribution in [1.82, 2.24) is 0 Å². The molecule has 33 heavy (non-hydrogen) atoms. The van der Waals surface area contributed by atoms with Crippen LogP contribution in [-0.4, -0.2) is 6.16 Å². The summed E-state index contributed by atoms with van der Waals surface area (Å²) in [4.78, 5) is 0. The second-order valence-corrected chi connectivity index (χ2v) is 10.0. The first-order valence-corrected chi connectivity index (χ1v) is 14.1. The van der Waals surface area contributed by atoms with Crippen molar-refractivity contribution >= 4 is 9.24 Å². The van der Waals surface area contributed by atoms with Crippen LogP contribution in [0.1, 0.15) is 93.7 Å². The minimum atomic E-state index is -0.0826. The molecule has 0 bridgehead atoms. The zero-order valence-electron chi connectivity index (χ0n) is 20.4. The average molecular weight is 459 g/mol. The topological polar surface area (TPSA) is 0 Å². The van der Waals surface area contributed by atoms with Crippen LogP contribution in [0.15, 0.2) is 91.0 Å². The van der Waals surface area contributed by atoms with Crippen LogP contribution in [-0.2, 0) is 5.41 Å². The Bertz CT molecular complexity index is 760. The van der Waals surface area contributed by atoms with Crippen LogP contribution in [0.4, 0.5) is 0 Å². The van der Waals surface area contributed by atoms with E-state index in [2.05, 4.69) is 100 Å². The predicted octanol–water partition coefficient (Wildman–Crippen LogP) is 9.58. The lowest BCUT2D eigenvalue weighted by molar-refractivity contribution is 0.492. The molecular formula is C32H43P. The van der Waals surface area contributed by atoms with E-state index in [1.54, 1.807) is 0 Å². The Labute approximate surface area is 205 Å². The summed E-state index contributed by atoms with van der Waals surface area (Å²) in [6, 6.07) is 33.5. The van der Waals surface area contributed by atoms with Gasteiger partial charge < -0.3 is 0 Å². The van der Waals surface area contributed by atoms with Crippen molar-refractivity contribution < 1.29 is 0 Å². The largest absolute Gasteiger partial charge is 0.138 e. The fourth-order valence-corrected chi connectivity index (χ4v) is 5.52. The molecule has 0 aliphatic heterocycles. The van der Waals surface area contributed by atoms with Crippen molar-refractivity contribution in [2.45, 2.75) is 82.5 Å². The van der Waals surface area contributed by atoms with Gasteiger partial charge in [-0.15, -0.1) is 9.24 Å². The molecule has 0 fully saturated rings. The van der Waals surface area contributed by atoms with E-state index in [1.165, 1.54) is 93.5 Å². The molecule has 0 nitrogen and oxygen atoms in total. The Hall–Kier alpha value is -1.91. The highest BCUT2D eigenvalue weighted by atomic mass is 31.0. The van der Waals surface area contributed by atoms with E-state index >= 15 is 0 Å². The number of hydrogen-bond acceptors (Lipinski definition) is 0. The Balaban J connectivity index is 1.59. The van der Waals surface area contributed by atoms with Gasteiger partial charge in [-0.05, 0) is 35.7 Å². The maximum absolute atomic E-state index is 2.84. The third-order valence-corrected chi connectivity index (χ3v) is 7.46. The van der Waals surface area contributed by atoms with E-state index in [0.29, 0.717) is 0 Å². The maximum Gasteiger partial charge on any atom is 0.0451 e. The minimum Gasteiger partial charge on any atom is -0.138 e. The molecule has 3 aromatic rings. The summed E-state index contributed by atoms with van der Waals surface area (Å²) in [5.41, 5.74) is 4.14. The van der Waals surface area contributed by atoms with Gasteiger partial charge in [0.05, 0.1) is 0 Å². The van der Waals surface area contributed by atoms with E-state index in [1.807, 2.05) is 0 Å². The van der Waals surface area contributed by atoms with Gasteiger partial charge in [-0.1, -0.05) is 155 Å². The highest BCUT2D eigenvalue weighted by molar-refractivity contribution is 7.16. The van der Waals surface area contributed by atoms with Gasteiger partial charge in [-0.25, -0.2) is 0 Å². The number of rotatable bonds is 16. The summed E-state index contributed by atoms with van der Waals surface area (Å²) < 4.78 is 0. The molecule has 1 unspecified atom stereocenters. The smallest absolute Gasteiger partial charge is 0.0451 e. The number of unbranched alkanes of at least 4 members (excludes halogenated alkanes) is 10. The second-order valence-electron chi connectivity index (χ2n) is 9.43. The molecule has 0 amide bonds. The lowest BCUT2D eigenvalue weighted by Crippen LogP contribution is -2.29. The molecule has 176 valence electrons. The molecule has 3 rings (SSSR count). The maximum atomic E-state index is 2.84. The Morgan fingerprint density at radius 1 is 0.394 bits per heavy atom. The first-order valence-electron chi connectivity index (χ1n) is 13.2. The second kappa shape index (κ2) is 15.1. The molecule has 0 heterocycles. The highest BCUT2D eigenvalue weighted by Crippen LogP contribution is 2.43. The van der Waals surface area contributed by atoms with Crippen LogP contribution in [0.25, 0.3) is 0 Å². The van der Waals surface area contributed by atoms with Gasteiger partial charge in [0.1, 0.15) is 0 Å². The molecule has 0 N–H and O–H groups in total. The van der Waals surface area contributed by atoms with Crippen LogP contribution in [0.3, 0.4) is 0 Å². The van der Waals surface area contributed by atoms with E-state index in [0.717, 1.165) is 6.42 Å². The molecule has 0 saturated carbocycles. The lowest BCUT2D eigenvalue weighted by Gasteiger charge is -2.36. The van der Waals surface area contributed by atoms with Crippen molar-refractivity contribution in [3.63, 3.8) is 0 Å². The molecule has 0 radical (unpaired) electrons. The summed E-state index contributed by atoms with van der Waals surface area (Å²) in [6.07, 6.45) is 17.6. The van der Waals surface area contributed by atoms with E-state index in [-0.39, 0.29) is 5.41 Å². The summed E-state index contributed by atoms with van der Waals surface area (Å²) >= 11 is 0.